The molecule has 0 bridgehead atoms. The first kappa shape index (κ1) is 12.3. The zero-order valence-corrected chi connectivity index (χ0v) is 9.68. The van der Waals surface area contributed by atoms with Gasteiger partial charge in [-0.1, -0.05) is 0 Å². The van der Waals surface area contributed by atoms with E-state index in [1.807, 2.05) is 0 Å². The number of aliphatic hydroxyl groups excluding tert-OH is 1. The molecule has 0 aromatic carbocycles. The standard InChI is InChI=1S/C11H22N2O3/c12-7-9-1-3-13(8-10(9)14)4-2-11-15-5-6-16-11/h9-11,14H,1-8,12H2/t9-,10+/m1/s1. The molecule has 0 saturated carbocycles. The molecule has 5 heteroatoms. The Bertz CT molecular complexity index is 209. The number of hydrogen-bond donors (Lipinski definition) is 2. The molecule has 0 aromatic rings. The van der Waals surface area contributed by atoms with Gasteiger partial charge in [0.15, 0.2) is 6.29 Å². The molecular formula is C11H22N2O3. The van der Waals surface area contributed by atoms with Crippen LogP contribution in [0.2, 0.25) is 0 Å². The Kier molecular flexibility index (Phi) is 4.55. The summed E-state index contributed by atoms with van der Waals surface area (Å²) in [4.78, 5) is 2.27. The normalized spacial score (nSPS) is 33.4. The summed E-state index contributed by atoms with van der Waals surface area (Å²) < 4.78 is 10.8. The summed E-state index contributed by atoms with van der Waals surface area (Å²) in [6.45, 7) is 4.69. The van der Waals surface area contributed by atoms with Crippen LogP contribution >= 0.6 is 0 Å². The lowest BCUT2D eigenvalue weighted by molar-refractivity contribution is -0.0574. The second-order valence-corrected chi connectivity index (χ2v) is 4.61. The molecule has 2 aliphatic rings. The van der Waals surface area contributed by atoms with Gasteiger partial charge in [0.05, 0.1) is 19.3 Å². The van der Waals surface area contributed by atoms with E-state index in [1.165, 1.54) is 0 Å². The van der Waals surface area contributed by atoms with E-state index in [-0.39, 0.29) is 18.3 Å². The van der Waals surface area contributed by atoms with E-state index in [9.17, 15) is 5.11 Å². The predicted molar refractivity (Wildman–Crippen MR) is 59.9 cm³/mol. The van der Waals surface area contributed by atoms with Crippen molar-refractivity contribution in [2.75, 3.05) is 39.4 Å². The van der Waals surface area contributed by atoms with Crippen molar-refractivity contribution >= 4 is 0 Å². The highest BCUT2D eigenvalue weighted by molar-refractivity contribution is 4.80. The third-order valence-corrected chi connectivity index (χ3v) is 3.48. The molecule has 0 radical (unpaired) electrons. The maximum absolute atomic E-state index is 9.85. The summed E-state index contributed by atoms with van der Waals surface area (Å²) in [5, 5.41) is 9.85. The molecule has 2 heterocycles. The second-order valence-electron chi connectivity index (χ2n) is 4.61. The third kappa shape index (κ3) is 3.15. The van der Waals surface area contributed by atoms with Crippen LogP contribution in [-0.4, -0.2) is 61.8 Å². The van der Waals surface area contributed by atoms with Crippen LogP contribution in [0.3, 0.4) is 0 Å². The Hall–Kier alpha value is -0.200. The lowest BCUT2D eigenvalue weighted by atomic mass is 9.94. The highest BCUT2D eigenvalue weighted by Crippen LogP contribution is 2.18. The molecule has 0 amide bonds. The average molecular weight is 230 g/mol. The van der Waals surface area contributed by atoms with Crippen LogP contribution in [0, 0.1) is 5.92 Å². The fraction of sp³-hybridized carbons (Fsp3) is 1.00. The first-order valence-electron chi connectivity index (χ1n) is 6.13. The van der Waals surface area contributed by atoms with Crippen molar-refractivity contribution in [3.63, 3.8) is 0 Å². The first-order chi connectivity index (χ1) is 7.79. The molecule has 0 aromatic heterocycles. The molecule has 2 fully saturated rings. The fourth-order valence-electron chi connectivity index (χ4n) is 2.39. The number of ether oxygens (including phenoxy) is 2. The summed E-state index contributed by atoms with van der Waals surface area (Å²) in [6, 6.07) is 0. The van der Waals surface area contributed by atoms with E-state index in [0.29, 0.717) is 19.8 Å². The Morgan fingerprint density at radius 2 is 2.06 bits per heavy atom. The molecule has 0 aliphatic carbocycles. The van der Waals surface area contributed by atoms with Gasteiger partial charge in [-0.25, -0.2) is 0 Å². The summed E-state index contributed by atoms with van der Waals surface area (Å²) in [5.74, 6) is 0.273. The minimum Gasteiger partial charge on any atom is -0.391 e. The van der Waals surface area contributed by atoms with Gasteiger partial charge in [-0.05, 0) is 25.4 Å². The lowest BCUT2D eigenvalue weighted by Crippen LogP contribution is -2.46. The largest absolute Gasteiger partial charge is 0.391 e. The molecule has 2 atom stereocenters. The SMILES string of the molecule is NC[C@H]1CCN(CCC2OCCO2)C[C@@H]1O. The minimum absolute atomic E-state index is 0.0376. The number of nitrogens with zero attached hydrogens (tertiary/aromatic N) is 1. The Labute approximate surface area is 96.5 Å². The van der Waals surface area contributed by atoms with Gasteiger partial charge >= 0.3 is 0 Å². The molecule has 5 nitrogen and oxygen atoms in total. The molecule has 3 N–H and O–H groups in total. The van der Waals surface area contributed by atoms with Gasteiger partial charge in [-0.3, -0.25) is 0 Å². The number of piperidine rings is 1. The van der Waals surface area contributed by atoms with E-state index >= 15 is 0 Å². The number of hydrogen-bond acceptors (Lipinski definition) is 5. The highest BCUT2D eigenvalue weighted by Gasteiger charge is 2.27. The van der Waals surface area contributed by atoms with Crippen molar-refractivity contribution in [2.45, 2.75) is 25.2 Å². The van der Waals surface area contributed by atoms with Gasteiger partial charge < -0.3 is 25.2 Å². The van der Waals surface area contributed by atoms with Crippen molar-refractivity contribution in [1.29, 1.82) is 0 Å². The number of aliphatic hydroxyl groups is 1. The second kappa shape index (κ2) is 5.93. The van der Waals surface area contributed by atoms with Gasteiger partial charge in [0.1, 0.15) is 0 Å². The highest BCUT2D eigenvalue weighted by atomic mass is 16.7. The summed E-state index contributed by atoms with van der Waals surface area (Å²) in [5.41, 5.74) is 5.59. The Balaban J connectivity index is 1.67. The first-order valence-corrected chi connectivity index (χ1v) is 6.13. The van der Waals surface area contributed by atoms with Crippen LogP contribution < -0.4 is 5.73 Å². The van der Waals surface area contributed by atoms with Crippen molar-refractivity contribution in [3.8, 4) is 0 Å². The molecule has 0 spiro atoms. The number of rotatable bonds is 4. The molecule has 2 aliphatic heterocycles. The summed E-state index contributed by atoms with van der Waals surface area (Å²) >= 11 is 0. The maximum Gasteiger partial charge on any atom is 0.159 e. The van der Waals surface area contributed by atoms with Crippen molar-refractivity contribution in [2.24, 2.45) is 11.7 Å². The molecule has 2 saturated heterocycles. The Morgan fingerprint density at radius 3 is 2.69 bits per heavy atom. The van der Waals surface area contributed by atoms with Crippen LogP contribution in [0.4, 0.5) is 0 Å². The smallest absolute Gasteiger partial charge is 0.159 e. The molecular weight excluding hydrogens is 208 g/mol. The maximum atomic E-state index is 9.85. The molecule has 16 heavy (non-hydrogen) atoms. The van der Waals surface area contributed by atoms with E-state index in [1.54, 1.807) is 0 Å². The van der Waals surface area contributed by atoms with Crippen LogP contribution in [0.5, 0.6) is 0 Å². The van der Waals surface area contributed by atoms with Gasteiger partial charge in [0, 0.05) is 19.5 Å². The minimum atomic E-state index is -0.274. The van der Waals surface area contributed by atoms with Crippen LogP contribution in [-0.2, 0) is 9.47 Å². The number of nitrogens with two attached hydrogens (primary N) is 1. The van der Waals surface area contributed by atoms with Crippen molar-refractivity contribution in [1.82, 2.24) is 4.90 Å². The molecule has 0 unspecified atom stereocenters. The van der Waals surface area contributed by atoms with Crippen LogP contribution in [0.25, 0.3) is 0 Å². The third-order valence-electron chi connectivity index (χ3n) is 3.48. The number of β-amino-alcohol motifs (C(OH)–C–C–N with tert-alkyl or cyclic N) is 1. The van der Waals surface area contributed by atoms with Crippen molar-refractivity contribution in [3.05, 3.63) is 0 Å². The lowest BCUT2D eigenvalue weighted by Gasteiger charge is -2.35. The number of likely N-dealkylation sites (tertiary alicyclic amines) is 1. The summed E-state index contributed by atoms with van der Waals surface area (Å²) in [6.07, 6.45) is 1.57. The van der Waals surface area contributed by atoms with E-state index in [4.69, 9.17) is 15.2 Å². The van der Waals surface area contributed by atoms with Gasteiger partial charge in [0.25, 0.3) is 0 Å². The molecule has 94 valence electrons. The van der Waals surface area contributed by atoms with Gasteiger partial charge in [-0.2, -0.15) is 0 Å². The zero-order valence-electron chi connectivity index (χ0n) is 9.68. The predicted octanol–water partition coefficient (Wildman–Crippen LogP) is -0.609. The van der Waals surface area contributed by atoms with Crippen LogP contribution in [0.1, 0.15) is 12.8 Å². The Morgan fingerprint density at radius 1 is 1.31 bits per heavy atom. The van der Waals surface area contributed by atoms with E-state index in [2.05, 4.69) is 4.90 Å². The van der Waals surface area contributed by atoms with Gasteiger partial charge in [0.2, 0.25) is 0 Å². The quantitative estimate of drug-likeness (QED) is 0.674. The molecule has 2 rings (SSSR count). The van der Waals surface area contributed by atoms with E-state index < -0.39 is 0 Å². The zero-order chi connectivity index (χ0) is 11.4. The van der Waals surface area contributed by atoms with Gasteiger partial charge in [-0.15, -0.1) is 0 Å². The van der Waals surface area contributed by atoms with Crippen molar-refractivity contribution < 1.29 is 14.6 Å². The monoisotopic (exact) mass is 230 g/mol. The average Bonchev–Trinajstić information content (AvgIpc) is 2.79. The topological polar surface area (TPSA) is 68.0 Å². The van der Waals surface area contributed by atoms with Crippen LogP contribution in [0.15, 0.2) is 0 Å². The fourth-order valence-corrected chi connectivity index (χ4v) is 2.39. The van der Waals surface area contributed by atoms with E-state index in [0.717, 1.165) is 32.5 Å². The summed E-state index contributed by atoms with van der Waals surface area (Å²) in [7, 11) is 0.